The summed E-state index contributed by atoms with van der Waals surface area (Å²) in [4.78, 5) is 0. The highest BCUT2D eigenvalue weighted by Crippen LogP contribution is 2.46. The molecule has 0 atom stereocenters. The average molecular weight is 850 g/mol. The molecule has 5 heteroatoms. The van der Waals surface area contributed by atoms with E-state index in [9.17, 15) is 5.26 Å². The van der Waals surface area contributed by atoms with Crippen LogP contribution >= 0.6 is 0 Å². The Labute approximate surface area is 379 Å². The van der Waals surface area contributed by atoms with Gasteiger partial charge < -0.3 is 9.13 Å². The first-order valence-electron chi connectivity index (χ1n) is 21.9. The first-order chi connectivity index (χ1) is 32.5. The molecule has 3 nitrogen and oxygen atoms in total. The molecule has 12 aromatic rings. The third kappa shape index (κ3) is 6.38. The van der Waals surface area contributed by atoms with Crippen LogP contribution in [0, 0.1) is 23.0 Å². The number of fused-ring (bicyclic) bond motifs is 6. The molecule has 0 radical (unpaired) electrons. The van der Waals surface area contributed by atoms with Crippen LogP contribution in [0.4, 0.5) is 8.78 Å². The van der Waals surface area contributed by atoms with Crippen molar-refractivity contribution in [3.63, 3.8) is 0 Å². The summed E-state index contributed by atoms with van der Waals surface area (Å²) in [6, 6.07) is 76.4. The predicted octanol–water partition coefficient (Wildman–Crippen LogP) is 16.4. The highest BCUT2D eigenvalue weighted by atomic mass is 19.1. The lowest BCUT2D eigenvalue weighted by Crippen LogP contribution is -2.07. The van der Waals surface area contributed by atoms with Crippen molar-refractivity contribution in [3.8, 4) is 73.1 Å². The number of benzene rings is 10. The van der Waals surface area contributed by atoms with Gasteiger partial charge in [0.05, 0.1) is 50.6 Å². The summed E-state index contributed by atoms with van der Waals surface area (Å²) in [5, 5.41) is 14.8. The molecule has 0 spiro atoms. The lowest BCUT2D eigenvalue weighted by atomic mass is 9.97. The fourth-order valence-corrected chi connectivity index (χ4v) is 9.83. The van der Waals surface area contributed by atoms with Crippen molar-refractivity contribution in [1.29, 1.82) is 5.26 Å². The average Bonchev–Trinajstić information content (AvgIpc) is 3.88. The van der Waals surface area contributed by atoms with Gasteiger partial charge in [-0.15, -0.1) is 0 Å². The Morgan fingerprint density at radius 1 is 0.303 bits per heavy atom. The summed E-state index contributed by atoms with van der Waals surface area (Å²) < 4.78 is 37.9. The van der Waals surface area contributed by atoms with Crippen LogP contribution in [0.3, 0.4) is 0 Å². The minimum atomic E-state index is -0.709. The summed E-state index contributed by atoms with van der Waals surface area (Å²) in [5.74, 6) is -1.42. The zero-order valence-corrected chi connectivity index (χ0v) is 35.5. The molecule has 0 N–H and O–H groups in total. The Balaban J connectivity index is 1.22. The minimum Gasteiger partial charge on any atom is -0.308 e. The van der Waals surface area contributed by atoms with E-state index in [0.29, 0.717) is 22.5 Å². The van der Waals surface area contributed by atoms with Crippen LogP contribution in [0.2, 0.25) is 0 Å². The Hall–Kier alpha value is -8.85. The molecule has 0 aliphatic carbocycles. The second-order valence-corrected chi connectivity index (χ2v) is 16.7. The third-order valence-electron chi connectivity index (χ3n) is 12.9. The lowest BCUT2D eigenvalue weighted by Gasteiger charge is -2.21. The molecule has 0 amide bonds. The molecule has 0 unspecified atom stereocenters. The molecule has 66 heavy (non-hydrogen) atoms. The van der Waals surface area contributed by atoms with Gasteiger partial charge in [0.15, 0.2) is 0 Å². The van der Waals surface area contributed by atoms with Crippen molar-refractivity contribution in [1.82, 2.24) is 9.13 Å². The van der Waals surface area contributed by atoms with Crippen LogP contribution in [0.25, 0.3) is 111 Å². The molecule has 12 rings (SSSR count). The van der Waals surface area contributed by atoms with E-state index >= 15 is 8.78 Å². The van der Waals surface area contributed by atoms with E-state index in [4.69, 9.17) is 0 Å². The molecule has 310 valence electrons. The van der Waals surface area contributed by atoms with Gasteiger partial charge >= 0.3 is 0 Å². The van der Waals surface area contributed by atoms with Gasteiger partial charge in [0.25, 0.3) is 0 Å². The zero-order valence-electron chi connectivity index (χ0n) is 35.5. The van der Waals surface area contributed by atoms with Crippen molar-refractivity contribution < 1.29 is 8.78 Å². The second-order valence-electron chi connectivity index (χ2n) is 16.7. The molecule has 2 aromatic heterocycles. The number of rotatable bonds is 7. The molecule has 0 saturated carbocycles. The van der Waals surface area contributed by atoms with Crippen LogP contribution in [0.1, 0.15) is 5.56 Å². The molecular weight excluding hydrogens is 813 g/mol. The Kier molecular flexibility index (Phi) is 9.25. The van der Waals surface area contributed by atoms with E-state index in [0.717, 1.165) is 88.1 Å². The fourth-order valence-electron chi connectivity index (χ4n) is 9.83. The van der Waals surface area contributed by atoms with Crippen LogP contribution in [-0.2, 0) is 0 Å². The molecule has 2 heterocycles. The van der Waals surface area contributed by atoms with Gasteiger partial charge in [-0.25, -0.2) is 8.78 Å². The van der Waals surface area contributed by atoms with E-state index in [1.807, 2.05) is 72.8 Å². The van der Waals surface area contributed by atoms with Gasteiger partial charge in [-0.05, 0) is 117 Å². The molecule has 0 fully saturated rings. The highest BCUT2D eigenvalue weighted by molar-refractivity contribution is 6.14. The first kappa shape index (κ1) is 38.8. The maximum Gasteiger partial charge on any atom is 0.134 e. The summed E-state index contributed by atoms with van der Waals surface area (Å²) in [6.45, 7) is 0. The molecule has 0 aliphatic rings. The first-order valence-corrected chi connectivity index (χ1v) is 21.9. The number of nitrogens with zero attached hydrogens (tertiary/aromatic N) is 3. The Morgan fingerprint density at radius 2 is 0.606 bits per heavy atom. The van der Waals surface area contributed by atoms with E-state index in [2.05, 4.69) is 137 Å². The van der Waals surface area contributed by atoms with Gasteiger partial charge in [0.1, 0.15) is 11.6 Å². The Bertz CT molecular complexity index is 3450. The Morgan fingerprint density at radius 3 is 0.894 bits per heavy atom. The molecule has 0 bridgehead atoms. The highest BCUT2D eigenvalue weighted by Gasteiger charge is 2.27. The second kappa shape index (κ2) is 15.7. The van der Waals surface area contributed by atoms with Crippen molar-refractivity contribution in [2.24, 2.45) is 0 Å². The predicted molar refractivity (Wildman–Crippen MR) is 267 cm³/mol. The topological polar surface area (TPSA) is 33.6 Å². The maximum absolute atomic E-state index is 16.9. The van der Waals surface area contributed by atoms with Crippen LogP contribution in [0.5, 0.6) is 0 Å². The van der Waals surface area contributed by atoms with Crippen molar-refractivity contribution in [2.75, 3.05) is 0 Å². The largest absolute Gasteiger partial charge is 0.308 e. The number of hydrogen-bond donors (Lipinski definition) is 0. The van der Waals surface area contributed by atoms with Crippen molar-refractivity contribution in [3.05, 3.63) is 242 Å². The molecule has 0 aliphatic heterocycles. The van der Waals surface area contributed by atoms with Gasteiger partial charge in [-0.3, -0.25) is 0 Å². The lowest BCUT2D eigenvalue weighted by molar-refractivity contribution is 0.589. The van der Waals surface area contributed by atoms with Crippen LogP contribution < -0.4 is 0 Å². The summed E-state index contributed by atoms with van der Waals surface area (Å²) in [5.41, 5.74) is 13.2. The number of aromatic nitrogens is 2. The quantitative estimate of drug-likeness (QED) is 0.157. The summed E-state index contributed by atoms with van der Waals surface area (Å²) in [7, 11) is 0. The molecule has 0 saturated heterocycles. The maximum atomic E-state index is 16.9. The van der Waals surface area contributed by atoms with Gasteiger partial charge in [-0.1, -0.05) is 152 Å². The van der Waals surface area contributed by atoms with Gasteiger partial charge in [0, 0.05) is 27.1 Å². The number of halogens is 2. The third-order valence-corrected chi connectivity index (χ3v) is 12.9. The van der Waals surface area contributed by atoms with Crippen molar-refractivity contribution in [2.45, 2.75) is 0 Å². The van der Waals surface area contributed by atoms with Crippen molar-refractivity contribution >= 4 is 43.6 Å². The fraction of sp³-hybridized carbons (Fsp3) is 0. The zero-order chi connectivity index (χ0) is 44.3. The van der Waals surface area contributed by atoms with E-state index in [-0.39, 0.29) is 5.56 Å². The molecular formula is C61H37F2N3. The van der Waals surface area contributed by atoms with E-state index < -0.39 is 11.6 Å². The van der Waals surface area contributed by atoms with Gasteiger partial charge in [0.2, 0.25) is 0 Å². The summed E-state index contributed by atoms with van der Waals surface area (Å²) in [6.07, 6.45) is 0. The van der Waals surface area contributed by atoms with E-state index in [1.54, 1.807) is 12.1 Å². The smallest absolute Gasteiger partial charge is 0.134 e. The number of hydrogen-bond acceptors (Lipinski definition) is 1. The number of nitriles is 1. The molecule has 10 aromatic carbocycles. The van der Waals surface area contributed by atoms with Crippen LogP contribution in [-0.4, -0.2) is 9.13 Å². The van der Waals surface area contributed by atoms with Crippen LogP contribution in [0.15, 0.2) is 224 Å². The normalized spacial score (nSPS) is 11.5. The SMILES string of the molecule is N#Cc1cc(-n2c3ccc(-c4ccccc4)cc3c3cc(-c4ccccc4)ccc32)c(-c2c(F)cccc2F)c(-n2c3ccc(-c4ccccc4)cc3c3cc(-c4ccccc4)ccc32)c1. The van der Waals surface area contributed by atoms with Gasteiger partial charge in [-0.2, -0.15) is 5.26 Å². The van der Waals surface area contributed by atoms with E-state index in [1.165, 1.54) is 18.2 Å². The minimum absolute atomic E-state index is 0.180. The standard InChI is InChI=1S/C61H37F2N3/c62-52-22-13-23-53(63)60(52)61-58(65-54-28-24-44(40-14-5-1-6-15-40)34-48(54)49-35-45(25-29-55(49)65)41-16-7-2-8-17-41)32-39(38-64)33-59(61)66-56-30-26-46(42-18-9-3-10-19-42)36-50(56)51-37-47(27-31-57(51)66)43-20-11-4-12-21-43/h1-37H. The summed E-state index contributed by atoms with van der Waals surface area (Å²) >= 11 is 0. The monoisotopic (exact) mass is 849 g/mol.